The number of ether oxygens (including phenoxy) is 2. The Morgan fingerprint density at radius 3 is 2.44 bits per heavy atom. The largest absolute Gasteiger partial charge is 0.447 e. The Hall–Kier alpha value is -2.66. The van der Waals surface area contributed by atoms with Crippen LogP contribution in [0.3, 0.4) is 0 Å². The molecule has 2 unspecified atom stereocenters. The highest BCUT2D eigenvalue weighted by Gasteiger charge is 2.41. The highest BCUT2D eigenvalue weighted by Crippen LogP contribution is 2.25. The van der Waals surface area contributed by atoms with Gasteiger partial charge in [-0.1, -0.05) is 60.7 Å². The summed E-state index contributed by atoms with van der Waals surface area (Å²) in [5.41, 5.74) is 1.89. The minimum atomic E-state index is -0.581. The van der Waals surface area contributed by atoms with E-state index in [2.05, 4.69) is 0 Å². The number of imide groups is 1. The number of carbonyl (C=O) groups is 2. The molecule has 130 valence electrons. The number of benzene rings is 2. The first-order valence-corrected chi connectivity index (χ1v) is 8.28. The lowest BCUT2D eigenvalue weighted by molar-refractivity contribution is -0.132. The summed E-state index contributed by atoms with van der Waals surface area (Å²) in [4.78, 5) is 26.5. The van der Waals surface area contributed by atoms with Crippen molar-refractivity contribution in [1.29, 1.82) is 0 Å². The summed E-state index contributed by atoms with van der Waals surface area (Å²) in [5.74, 6) is -0.813. The average Bonchev–Trinajstić information content (AvgIpc) is 3.01. The van der Waals surface area contributed by atoms with E-state index in [0.29, 0.717) is 6.42 Å². The second kappa shape index (κ2) is 7.94. The molecular weight excluding hydrogens is 318 g/mol. The highest BCUT2D eigenvalue weighted by molar-refractivity contribution is 5.97. The predicted octanol–water partition coefficient (Wildman–Crippen LogP) is 3.01. The molecule has 1 saturated heterocycles. The first-order valence-electron chi connectivity index (χ1n) is 8.28. The van der Waals surface area contributed by atoms with Crippen molar-refractivity contribution >= 4 is 12.0 Å². The molecule has 2 aromatic rings. The molecule has 0 aliphatic carbocycles. The second-order valence-corrected chi connectivity index (χ2v) is 6.05. The molecular formula is C20H21NO4. The van der Waals surface area contributed by atoms with Crippen molar-refractivity contribution in [3.05, 3.63) is 71.8 Å². The molecule has 1 aliphatic rings. The molecule has 0 bridgehead atoms. The molecule has 0 N–H and O–H groups in total. The fourth-order valence-corrected chi connectivity index (χ4v) is 3.10. The maximum absolute atomic E-state index is 13.1. The monoisotopic (exact) mass is 339 g/mol. The molecule has 3 rings (SSSR count). The topological polar surface area (TPSA) is 55.8 Å². The number of hydrogen-bond donors (Lipinski definition) is 0. The van der Waals surface area contributed by atoms with Gasteiger partial charge in [-0.05, 0) is 17.5 Å². The molecule has 5 nitrogen and oxygen atoms in total. The van der Waals surface area contributed by atoms with E-state index in [1.165, 1.54) is 4.90 Å². The minimum absolute atomic E-state index is 0.213. The van der Waals surface area contributed by atoms with Crippen molar-refractivity contribution < 1.29 is 19.1 Å². The van der Waals surface area contributed by atoms with Crippen molar-refractivity contribution in [2.75, 3.05) is 20.3 Å². The minimum Gasteiger partial charge on any atom is -0.447 e. The lowest BCUT2D eigenvalue weighted by Gasteiger charge is -2.25. The molecule has 2 amide bonds. The van der Waals surface area contributed by atoms with Crippen LogP contribution in [0.15, 0.2) is 60.7 Å². The van der Waals surface area contributed by atoms with Gasteiger partial charge in [0.05, 0.1) is 18.6 Å². The summed E-state index contributed by atoms with van der Waals surface area (Å²) < 4.78 is 10.4. The van der Waals surface area contributed by atoms with Crippen LogP contribution in [0, 0.1) is 0 Å². The first kappa shape index (κ1) is 17.2. The van der Waals surface area contributed by atoms with Gasteiger partial charge in [-0.3, -0.25) is 4.79 Å². The average molecular weight is 339 g/mol. The van der Waals surface area contributed by atoms with Crippen molar-refractivity contribution in [2.24, 2.45) is 0 Å². The van der Waals surface area contributed by atoms with Crippen LogP contribution in [0.25, 0.3) is 0 Å². The Morgan fingerprint density at radius 1 is 1.16 bits per heavy atom. The van der Waals surface area contributed by atoms with Crippen LogP contribution < -0.4 is 0 Å². The molecule has 5 heteroatoms. The van der Waals surface area contributed by atoms with E-state index >= 15 is 0 Å². The molecule has 0 aromatic heterocycles. The fraction of sp³-hybridized carbons (Fsp3) is 0.300. The zero-order chi connectivity index (χ0) is 17.6. The van der Waals surface area contributed by atoms with Crippen LogP contribution in [-0.4, -0.2) is 43.3 Å². The number of amides is 2. The summed E-state index contributed by atoms with van der Waals surface area (Å²) >= 11 is 0. The van der Waals surface area contributed by atoms with Crippen LogP contribution in [-0.2, 0) is 20.7 Å². The van der Waals surface area contributed by atoms with E-state index < -0.39 is 12.0 Å². The number of cyclic esters (lactones) is 1. The van der Waals surface area contributed by atoms with Gasteiger partial charge in [0.25, 0.3) is 0 Å². The lowest BCUT2D eigenvalue weighted by atomic mass is 9.97. The summed E-state index contributed by atoms with van der Waals surface area (Å²) in [7, 11) is 1.55. The maximum Gasteiger partial charge on any atom is 0.417 e. The van der Waals surface area contributed by atoms with E-state index in [9.17, 15) is 9.59 Å². The van der Waals surface area contributed by atoms with E-state index in [0.717, 1.165) is 11.1 Å². The Bertz CT molecular complexity index is 717. The third kappa shape index (κ3) is 3.88. The van der Waals surface area contributed by atoms with Crippen LogP contribution in [0.1, 0.15) is 17.0 Å². The maximum atomic E-state index is 13.1. The van der Waals surface area contributed by atoms with Crippen LogP contribution in [0.2, 0.25) is 0 Å². The van der Waals surface area contributed by atoms with E-state index in [1.54, 1.807) is 7.11 Å². The van der Waals surface area contributed by atoms with Crippen molar-refractivity contribution in [3.63, 3.8) is 0 Å². The van der Waals surface area contributed by atoms with Gasteiger partial charge in [-0.2, -0.15) is 0 Å². The quantitative estimate of drug-likeness (QED) is 0.812. The number of carbonyl (C=O) groups excluding carboxylic acids is 2. The van der Waals surface area contributed by atoms with Gasteiger partial charge in [0.2, 0.25) is 5.91 Å². The van der Waals surface area contributed by atoms with Crippen molar-refractivity contribution in [3.8, 4) is 0 Å². The predicted molar refractivity (Wildman–Crippen MR) is 93.2 cm³/mol. The van der Waals surface area contributed by atoms with Crippen molar-refractivity contribution in [1.82, 2.24) is 4.90 Å². The van der Waals surface area contributed by atoms with Crippen molar-refractivity contribution in [2.45, 2.75) is 18.4 Å². The second-order valence-electron chi connectivity index (χ2n) is 6.05. The summed E-state index contributed by atoms with van der Waals surface area (Å²) in [6.45, 7) is 0.429. The normalized spacial score (nSPS) is 18.0. The fourth-order valence-electron chi connectivity index (χ4n) is 3.10. The highest BCUT2D eigenvalue weighted by atomic mass is 16.6. The molecule has 0 radical (unpaired) electrons. The Labute approximate surface area is 147 Å². The molecule has 25 heavy (non-hydrogen) atoms. The number of nitrogens with zero attached hydrogens (tertiary/aromatic N) is 1. The Balaban J connectivity index is 1.82. The third-order valence-electron chi connectivity index (χ3n) is 4.35. The molecule has 1 aliphatic heterocycles. The Kier molecular flexibility index (Phi) is 5.46. The molecule has 1 fully saturated rings. The summed E-state index contributed by atoms with van der Waals surface area (Å²) in [5, 5.41) is 0. The Morgan fingerprint density at radius 2 is 1.80 bits per heavy atom. The zero-order valence-electron chi connectivity index (χ0n) is 14.1. The molecule has 2 aromatic carbocycles. The first-order chi connectivity index (χ1) is 12.2. The van der Waals surface area contributed by atoms with Gasteiger partial charge >= 0.3 is 6.09 Å². The third-order valence-corrected chi connectivity index (χ3v) is 4.35. The lowest BCUT2D eigenvalue weighted by Crippen LogP contribution is -2.43. The summed E-state index contributed by atoms with van der Waals surface area (Å²) in [6.07, 6.45) is -0.00439. The SMILES string of the molecule is COCC(C(=O)N1C(=O)OCC1Cc1ccccc1)c1ccccc1. The van der Waals surface area contributed by atoms with E-state index in [-0.39, 0.29) is 25.2 Å². The molecule has 0 spiro atoms. The smallest absolute Gasteiger partial charge is 0.417 e. The molecule has 0 saturated carbocycles. The van der Waals surface area contributed by atoms with Gasteiger partial charge < -0.3 is 9.47 Å². The molecule has 1 heterocycles. The molecule has 2 atom stereocenters. The van der Waals surface area contributed by atoms with Crippen LogP contribution >= 0.6 is 0 Å². The zero-order valence-corrected chi connectivity index (χ0v) is 14.1. The number of methoxy groups -OCH3 is 1. The standard InChI is InChI=1S/C20H21NO4/c1-24-14-18(16-10-6-3-7-11-16)19(22)21-17(13-25-20(21)23)12-15-8-4-2-5-9-15/h2-11,17-18H,12-14H2,1H3. The number of rotatable bonds is 6. The van der Waals surface area contributed by atoms with E-state index in [4.69, 9.17) is 9.47 Å². The van der Waals surface area contributed by atoms with Gasteiger partial charge in [0.1, 0.15) is 6.61 Å². The van der Waals surface area contributed by atoms with Crippen LogP contribution in [0.4, 0.5) is 4.79 Å². The van der Waals surface area contributed by atoms with Gasteiger partial charge in [-0.15, -0.1) is 0 Å². The van der Waals surface area contributed by atoms with Crippen LogP contribution in [0.5, 0.6) is 0 Å². The number of hydrogen-bond acceptors (Lipinski definition) is 4. The van der Waals surface area contributed by atoms with Gasteiger partial charge in [-0.25, -0.2) is 9.69 Å². The van der Waals surface area contributed by atoms with E-state index in [1.807, 2.05) is 60.7 Å². The van der Waals surface area contributed by atoms with Gasteiger partial charge in [0.15, 0.2) is 0 Å². The van der Waals surface area contributed by atoms with Gasteiger partial charge in [0, 0.05) is 7.11 Å². The summed E-state index contributed by atoms with van der Waals surface area (Å²) in [6, 6.07) is 18.9.